The summed E-state index contributed by atoms with van der Waals surface area (Å²) in [5.41, 5.74) is 0.108. The molecule has 0 aliphatic carbocycles. The van der Waals surface area contributed by atoms with Crippen LogP contribution < -0.4 is 14.8 Å². The summed E-state index contributed by atoms with van der Waals surface area (Å²) in [7, 11) is 0. The zero-order valence-electron chi connectivity index (χ0n) is 18.8. The molecule has 0 fully saturated rings. The lowest BCUT2D eigenvalue weighted by atomic mass is 10.1. The van der Waals surface area contributed by atoms with Gasteiger partial charge in [-0.05, 0) is 89.2 Å². The van der Waals surface area contributed by atoms with E-state index in [2.05, 4.69) is 27.9 Å². The third-order valence-corrected chi connectivity index (χ3v) is 5.81. The van der Waals surface area contributed by atoms with Crippen LogP contribution >= 0.6 is 34.2 Å². The van der Waals surface area contributed by atoms with Gasteiger partial charge in [-0.15, -0.1) is 0 Å². The summed E-state index contributed by atoms with van der Waals surface area (Å²) < 4.78 is 51.2. The van der Waals surface area contributed by atoms with Crippen LogP contribution in [0, 0.1) is 14.9 Å². The number of hydrogen-bond donors (Lipinski definition) is 1. The average molecular weight is 627 g/mol. The average Bonchev–Trinajstić information content (AvgIpc) is 2.83. The molecule has 0 aromatic heterocycles. The SMILES string of the molecule is CCOc1cc(/C=C(\C#N)C(=O)Nc2cccc(C(F)(F)F)c2)cc(I)c1OCc1ccc(Cl)cc1. The van der Waals surface area contributed by atoms with Gasteiger partial charge in [-0.2, -0.15) is 18.4 Å². The monoisotopic (exact) mass is 626 g/mol. The predicted molar refractivity (Wildman–Crippen MR) is 140 cm³/mol. The molecule has 1 amide bonds. The summed E-state index contributed by atoms with van der Waals surface area (Å²) in [4.78, 5) is 12.6. The van der Waals surface area contributed by atoms with Crippen molar-refractivity contribution in [3.63, 3.8) is 0 Å². The molecular weight excluding hydrogens is 608 g/mol. The van der Waals surface area contributed by atoms with Gasteiger partial charge in [0.15, 0.2) is 11.5 Å². The van der Waals surface area contributed by atoms with Gasteiger partial charge in [0.1, 0.15) is 18.2 Å². The van der Waals surface area contributed by atoms with Crippen LogP contribution in [0.3, 0.4) is 0 Å². The second kappa shape index (κ2) is 12.1. The number of benzene rings is 3. The minimum Gasteiger partial charge on any atom is -0.490 e. The first-order valence-corrected chi connectivity index (χ1v) is 12.0. The summed E-state index contributed by atoms with van der Waals surface area (Å²) in [6, 6.07) is 16.5. The number of hydrogen-bond acceptors (Lipinski definition) is 4. The van der Waals surface area contributed by atoms with Gasteiger partial charge in [0.05, 0.1) is 15.7 Å². The molecule has 0 saturated carbocycles. The highest BCUT2D eigenvalue weighted by Gasteiger charge is 2.30. The van der Waals surface area contributed by atoms with Crippen molar-refractivity contribution in [1.82, 2.24) is 0 Å². The van der Waals surface area contributed by atoms with Crippen molar-refractivity contribution < 1.29 is 27.4 Å². The second-order valence-electron chi connectivity index (χ2n) is 7.38. The molecule has 0 bridgehead atoms. The van der Waals surface area contributed by atoms with Gasteiger partial charge in [0, 0.05) is 10.7 Å². The molecule has 10 heteroatoms. The number of carbonyl (C=O) groups excluding carboxylic acids is 1. The Labute approximate surface area is 224 Å². The van der Waals surface area contributed by atoms with E-state index in [1.54, 1.807) is 30.3 Å². The molecule has 1 N–H and O–H groups in total. The fraction of sp³-hybridized carbons (Fsp3) is 0.154. The molecule has 3 rings (SSSR count). The standard InChI is InChI=1S/C26H19ClF3IN2O3/c1-2-35-23-12-17(11-22(31)24(23)36-15-16-6-8-20(27)9-7-16)10-18(14-32)25(34)33-21-5-3-4-19(13-21)26(28,29)30/h3-13H,2,15H2,1H3,(H,33,34)/b18-10+. The number of halogens is 5. The molecule has 0 heterocycles. The Morgan fingerprint density at radius 3 is 2.50 bits per heavy atom. The van der Waals surface area contributed by atoms with Gasteiger partial charge in [-0.25, -0.2) is 0 Å². The molecule has 36 heavy (non-hydrogen) atoms. The van der Waals surface area contributed by atoms with E-state index in [4.69, 9.17) is 21.1 Å². The summed E-state index contributed by atoms with van der Waals surface area (Å²) >= 11 is 7.98. The lowest BCUT2D eigenvalue weighted by Crippen LogP contribution is -2.14. The number of alkyl halides is 3. The topological polar surface area (TPSA) is 71.3 Å². The minimum atomic E-state index is -4.56. The molecule has 186 valence electrons. The largest absolute Gasteiger partial charge is 0.490 e. The minimum absolute atomic E-state index is 0.0773. The lowest BCUT2D eigenvalue weighted by Gasteiger charge is -2.15. The smallest absolute Gasteiger partial charge is 0.416 e. The van der Waals surface area contributed by atoms with Crippen LogP contribution in [0.5, 0.6) is 11.5 Å². The number of anilines is 1. The molecule has 0 unspecified atom stereocenters. The molecular formula is C26H19ClF3IN2O3. The van der Waals surface area contributed by atoms with E-state index in [1.165, 1.54) is 18.2 Å². The molecule has 0 spiro atoms. The molecule has 0 aliphatic heterocycles. The number of nitrogens with one attached hydrogen (secondary N) is 1. The Kier molecular flexibility index (Phi) is 9.23. The summed E-state index contributed by atoms with van der Waals surface area (Å²) in [6.45, 7) is 2.43. The number of nitriles is 1. The van der Waals surface area contributed by atoms with E-state index in [1.807, 2.05) is 19.1 Å². The van der Waals surface area contributed by atoms with Crippen molar-refractivity contribution in [1.29, 1.82) is 5.26 Å². The first-order valence-electron chi connectivity index (χ1n) is 10.5. The van der Waals surface area contributed by atoms with Gasteiger partial charge in [-0.1, -0.05) is 29.8 Å². The van der Waals surface area contributed by atoms with Gasteiger partial charge in [-0.3, -0.25) is 4.79 Å². The van der Waals surface area contributed by atoms with Crippen molar-refractivity contribution in [2.45, 2.75) is 19.7 Å². The zero-order valence-corrected chi connectivity index (χ0v) is 21.7. The van der Waals surface area contributed by atoms with Gasteiger partial charge >= 0.3 is 6.18 Å². The highest BCUT2D eigenvalue weighted by Crippen LogP contribution is 2.36. The van der Waals surface area contributed by atoms with Crippen LogP contribution in [-0.4, -0.2) is 12.5 Å². The van der Waals surface area contributed by atoms with E-state index in [9.17, 15) is 23.2 Å². The molecule has 3 aromatic carbocycles. The summed E-state index contributed by atoms with van der Waals surface area (Å²) in [5, 5.41) is 12.5. The Hall–Kier alpha value is -3.23. The van der Waals surface area contributed by atoms with E-state index in [-0.39, 0.29) is 17.9 Å². The van der Waals surface area contributed by atoms with E-state index in [0.717, 1.165) is 17.7 Å². The molecule has 5 nitrogen and oxygen atoms in total. The van der Waals surface area contributed by atoms with Crippen molar-refractivity contribution in [2.24, 2.45) is 0 Å². The van der Waals surface area contributed by atoms with E-state index >= 15 is 0 Å². The second-order valence-corrected chi connectivity index (χ2v) is 8.98. The fourth-order valence-corrected chi connectivity index (χ4v) is 4.00. The van der Waals surface area contributed by atoms with Gasteiger partial charge < -0.3 is 14.8 Å². The maximum Gasteiger partial charge on any atom is 0.416 e. The Bertz CT molecular complexity index is 1320. The Balaban J connectivity index is 1.84. The maximum absolute atomic E-state index is 13.0. The zero-order chi connectivity index (χ0) is 26.3. The van der Waals surface area contributed by atoms with Crippen LogP contribution in [-0.2, 0) is 17.6 Å². The van der Waals surface area contributed by atoms with Crippen LogP contribution in [0.1, 0.15) is 23.6 Å². The van der Waals surface area contributed by atoms with E-state index in [0.29, 0.717) is 32.3 Å². The van der Waals surface area contributed by atoms with Gasteiger partial charge in [0.2, 0.25) is 0 Å². The number of amides is 1. The van der Waals surface area contributed by atoms with Crippen molar-refractivity contribution >= 4 is 51.9 Å². The Morgan fingerprint density at radius 2 is 1.86 bits per heavy atom. The molecule has 0 radical (unpaired) electrons. The Morgan fingerprint density at radius 1 is 1.14 bits per heavy atom. The van der Waals surface area contributed by atoms with E-state index < -0.39 is 17.6 Å². The van der Waals surface area contributed by atoms with Crippen molar-refractivity contribution in [3.8, 4) is 17.6 Å². The molecule has 3 aromatic rings. The van der Waals surface area contributed by atoms with Crippen LogP contribution in [0.15, 0.2) is 66.2 Å². The third kappa shape index (κ3) is 7.38. The summed E-state index contributed by atoms with van der Waals surface area (Å²) in [6.07, 6.45) is -3.23. The lowest BCUT2D eigenvalue weighted by molar-refractivity contribution is -0.137. The highest BCUT2D eigenvalue weighted by atomic mass is 127. The fourth-order valence-electron chi connectivity index (χ4n) is 3.10. The predicted octanol–water partition coefficient (Wildman–Crippen LogP) is 7.49. The first kappa shape index (κ1) is 27.4. The number of ether oxygens (including phenoxy) is 2. The van der Waals surface area contributed by atoms with Crippen molar-refractivity contribution in [3.05, 3.63) is 91.5 Å². The van der Waals surface area contributed by atoms with Crippen LogP contribution in [0.2, 0.25) is 5.02 Å². The number of nitrogens with zero attached hydrogens (tertiary/aromatic N) is 1. The number of rotatable bonds is 8. The molecule has 0 atom stereocenters. The highest BCUT2D eigenvalue weighted by molar-refractivity contribution is 14.1. The normalized spacial score (nSPS) is 11.5. The first-order chi connectivity index (χ1) is 17.1. The molecule has 0 aliphatic rings. The summed E-state index contributed by atoms with van der Waals surface area (Å²) in [5.74, 6) is 0.0736. The third-order valence-electron chi connectivity index (χ3n) is 4.75. The maximum atomic E-state index is 13.0. The van der Waals surface area contributed by atoms with Crippen molar-refractivity contribution in [2.75, 3.05) is 11.9 Å². The van der Waals surface area contributed by atoms with Gasteiger partial charge in [0.25, 0.3) is 5.91 Å². The quantitative estimate of drug-likeness (QED) is 0.160. The van der Waals surface area contributed by atoms with Crippen LogP contribution in [0.4, 0.5) is 18.9 Å². The molecule has 0 saturated heterocycles. The number of carbonyl (C=O) groups is 1. The van der Waals surface area contributed by atoms with Crippen LogP contribution in [0.25, 0.3) is 6.08 Å².